The van der Waals surface area contributed by atoms with Crippen molar-refractivity contribution in [3.63, 3.8) is 0 Å². The molecular formula is C20H27N7OS. The fourth-order valence-corrected chi connectivity index (χ4v) is 4.85. The highest BCUT2D eigenvalue weighted by Crippen LogP contribution is 2.25. The zero-order chi connectivity index (χ0) is 20.4. The quantitative estimate of drug-likeness (QED) is 0.577. The Morgan fingerprint density at radius 3 is 2.59 bits per heavy atom. The third-order valence-corrected chi connectivity index (χ3v) is 6.72. The average molecular weight is 414 g/mol. The summed E-state index contributed by atoms with van der Waals surface area (Å²) in [6.07, 6.45) is 3.65. The number of aromatic nitrogens is 6. The number of piperidine rings is 1. The molecule has 1 aliphatic rings. The molecule has 3 aromatic rings. The molecular weight excluding hydrogens is 386 g/mol. The van der Waals surface area contributed by atoms with E-state index in [9.17, 15) is 4.79 Å². The number of thioether (sulfide) groups is 1. The van der Waals surface area contributed by atoms with E-state index >= 15 is 0 Å². The number of benzene rings is 1. The Hall–Kier alpha value is -2.39. The second-order valence-corrected chi connectivity index (χ2v) is 8.73. The van der Waals surface area contributed by atoms with Gasteiger partial charge in [0.2, 0.25) is 5.16 Å². The summed E-state index contributed by atoms with van der Waals surface area (Å²) in [6.45, 7) is 4.27. The molecule has 0 amide bonds. The first-order valence-electron chi connectivity index (χ1n) is 10.0. The van der Waals surface area contributed by atoms with Gasteiger partial charge < -0.3 is 4.90 Å². The fourth-order valence-electron chi connectivity index (χ4n) is 3.87. The van der Waals surface area contributed by atoms with Crippen molar-refractivity contribution in [3.8, 4) is 11.4 Å². The van der Waals surface area contributed by atoms with Crippen molar-refractivity contribution >= 4 is 11.8 Å². The van der Waals surface area contributed by atoms with Gasteiger partial charge in [0.15, 0.2) is 5.69 Å². The largest absolute Gasteiger partial charge is 0.306 e. The molecule has 1 fully saturated rings. The van der Waals surface area contributed by atoms with Crippen LogP contribution in [0.15, 0.2) is 40.3 Å². The van der Waals surface area contributed by atoms with Gasteiger partial charge in [-0.05, 0) is 74.8 Å². The Labute approximate surface area is 174 Å². The van der Waals surface area contributed by atoms with Crippen LogP contribution in [0.4, 0.5) is 0 Å². The first-order valence-corrected chi connectivity index (χ1v) is 11.0. The Kier molecular flexibility index (Phi) is 5.86. The van der Waals surface area contributed by atoms with Crippen molar-refractivity contribution < 1.29 is 0 Å². The molecule has 1 saturated heterocycles. The van der Waals surface area contributed by atoms with Crippen LogP contribution in [0.1, 0.15) is 25.0 Å². The lowest BCUT2D eigenvalue weighted by atomic mass is 9.95. The minimum atomic E-state index is -0.124. The molecule has 0 radical (unpaired) electrons. The van der Waals surface area contributed by atoms with Crippen LogP contribution in [0.5, 0.6) is 0 Å². The van der Waals surface area contributed by atoms with Crippen LogP contribution in [0.25, 0.3) is 11.4 Å². The summed E-state index contributed by atoms with van der Waals surface area (Å²) in [6, 6.07) is 9.62. The molecule has 0 saturated carbocycles. The molecule has 0 bridgehead atoms. The zero-order valence-corrected chi connectivity index (χ0v) is 18.0. The molecule has 29 heavy (non-hydrogen) atoms. The van der Waals surface area contributed by atoms with Crippen molar-refractivity contribution in [3.05, 3.63) is 46.4 Å². The van der Waals surface area contributed by atoms with Crippen molar-refractivity contribution in [2.75, 3.05) is 25.9 Å². The summed E-state index contributed by atoms with van der Waals surface area (Å²) in [5, 5.41) is 12.8. The number of hydrogen-bond donors (Lipinski definition) is 0. The van der Waals surface area contributed by atoms with Crippen molar-refractivity contribution in [1.29, 1.82) is 0 Å². The Morgan fingerprint density at radius 1 is 1.14 bits per heavy atom. The normalized spacial score (nSPS) is 15.8. The monoisotopic (exact) mass is 413 g/mol. The van der Waals surface area contributed by atoms with E-state index in [1.54, 1.807) is 21.1 Å². The maximum absolute atomic E-state index is 13.2. The average Bonchev–Trinajstić information content (AvgIpc) is 3.26. The lowest BCUT2D eigenvalue weighted by Gasteiger charge is -2.28. The van der Waals surface area contributed by atoms with Gasteiger partial charge in [-0.25, -0.2) is 4.68 Å². The van der Waals surface area contributed by atoms with Crippen LogP contribution >= 0.6 is 11.8 Å². The topological polar surface area (TPSA) is 73.8 Å². The Balaban J connectivity index is 1.55. The van der Waals surface area contributed by atoms with E-state index in [1.807, 2.05) is 49.0 Å². The molecule has 8 nitrogen and oxygen atoms in total. The van der Waals surface area contributed by atoms with Gasteiger partial charge in [-0.15, -0.1) is 5.10 Å². The van der Waals surface area contributed by atoms with Crippen molar-refractivity contribution in [2.45, 2.75) is 31.3 Å². The minimum Gasteiger partial charge on any atom is -0.306 e. The second kappa shape index (κ2) is 8.54. The number of para-hydroxylation sites is 1. The molecule has 0 spiro atoms. The van der Waals surface area contributed by atoms with Gasteiger partial charge in [-0.3, -0.25) is 9.48 Å². The van der Waals surface area contributed by atoms with E-state index in [-0.39, 0.29) is 5.56 Å². The number of likely N-dealkylation sites (tertiary alicyclic amines) is 1. The van der Waals surface area contributed by atoms with E-state index in [0.29, 0.717) is 10.8 Å². The van der Waals surface area contributed by atoms with E-state index in [1.165, 1.54) is 25.9 Å². The standard InChI is InChI=1S/C20H27N7OS/c1-15-18(19(28)27(25(15)3)17-7-5-4-6-8-17)26-20(21-22-23-26)29-14-11-16-9-12-24(2)13-10-16/h4-8,16H,9-14H2,1-3H3. The SMILES string of the molecule is Cc1c(-n2nnnc2SCCC2CCN(C)CC2)c(=O)n(-c2ccccc2)n1C. The van der Waals surface area contributed by atoms with Gasteiger partial charge in [0, 0.05) is 12.8 Å². The summed E-state index contributed by atoms with van der Waals surface area (Å²) in [4.78, 5) is 15.6. The first kappa shape index (κ1) is 19.9. The zero-order valence-electron chi connectivity index (χ0n) is 17.2. The molecule has 1 aliphatic heterocycles. The van der Waals surface area contributed by atoms with Gasteiger partial charge in [0.1, 0.15) is 0 Å². The van der Waals surface area contributed by atoms with Crippen LogP contribution in [-0.4, -0.2) is 60.4 Å². The van der Waals surface area contributed by atoms with Crippen LogP contribution in [0.2, 0.25) is 0 Å². The second-order valence-electron chi connectivity index (χ2n) is 7.67. The predicted molar refractivity (Wildman–Crippen MR) is 114 cm³/mol. The van der Waals surface area contributed by atoms with Gasteiger partial charge in [0.05, 0.1) is 11.4 Å². The third-order valence-electron chi connectivity index (χ3n) is 5.77. The summed E-state index contributed by atoms with van der Waals surface area (Å²) in [7, 11) is 4.06. The van der Waals surface area contributed by atoms with E-state index < -0.39 is 0 Å². The Bertz CT molecular complexity index is 1020. The van der Waals surface area contributed by atoms with Crippen LogP contribution in [0, 0.1) is 12.8 Å². The summed E-state index contributed by atoms with van der Waals surface area (Å²) in [5.74, 6) is 1.71. The smallest absolute Gasteiger partial charge is 0.297 e. The molecule has 2 aromatic heterocycles. The van der Waals surface area contributed by atoms with Crippen LogP contribution in [0.3, 0.4) is 0 Å². The van der Waals surface area contributed by atoms with Crippen LogP contribution in [-0.2, 0) is 7.05 Å². The maximum atomic E-state index is 13.2. The van der Waals surface area contributed by atoms with E-state index in [4.69, 9.17) is 0 Å². The molecule has 154 valence electrons. The summed E-state index contributed by atoms with van der Waals surface area (Å²) >= 11 is 1.63. The molecule has 3 heterocycles. The molecule has 4 rings (SSSR count). The molecule has 9 heteroatoms. The van der Waals surface area contributed by atoms with Gasteiger partial charge in [-0.2, -0.15) is 4.68 Å². The van der Waals surface area contributed by atoms with Gasteiger partial charge in [0.25, 0.3) is 5.56 Å². The maximum Gasteiger partial charge on any atom is 0.297 e. The highest BCUT2D eigenvalue weighted by molar-refractivity contribution is 7.99. The molecule has 0 aliphatic carbocycles. The Morgan fingerprint density at radius 2 is 1.86 bits per heavy atom. The number of nitrogens with zero attached hydrogens (tertiary/aromatic N) is 7. The molecule has 0 N–H and O–H groups in total. The van der Waals surface area contributed by atoms with Gasteiger partial charge in [-0.1, -0.05) is 30.0 Å². The lowest BCUT2D eigenvalue weighted by Crippen LogP contribution is -2.30. The van der Waals surface area contributed by atoms with Crippen molar-refractivity contribution in [1.82, 2.24) is 34.5 Å². The van der Waals surface area contributed by atoms with Gasteiger partial charge >= 0.3 is 0 Å². The third kappa shape index (κ3) is 4.02. The number of rotatable bonds is 6. The molecule has 0 unspecified atom stereocenters. The number of hydrogen-bond acceptors (Lipinski definition) is 6. The van der Waals surface area contributed by atoms with E-state index in [0.717, 1.165) is 29.5 Å². The number of tetrazole rings is 1. The van der Waals surface area contributed by atoms with Crippen LogP contribution < -0.4 is 5.56 Å². The summed E-state index contributed by atoms with van der Waals surface area (Å²) < 4.78 is 5.09. The first-order chi connectivity index (χ1) is 14.1. The summed E-state index contributed by atoms with van der Waals surface area (Å²) in [5.41, 5.74) is 2.02. The molecule has 1 aromatic carbocycles. The minimum absolute atomic E-state index is 0.124. The lowest BCUT2D eigenvalue weighted by molar-refractivity contribution is 0.217. The molecule has 0 atom stereocenters. The highest BCUT2D eigenvalue weighted by atomic mass is 32.2. The van der Waals surface area contributed by atoms with E-state index in [2.05, 4.69) is 27.5 Å². The highest BCUT2D eigenvalue weighted by Gasteiger charge is 2.22. The fraction of sp³-hybridized carbons (Fsp3) is 0.500. The predicted octanol–water partition coefficient (Wildman–Crippen LogP) is 2.28. The van der Waals surface area contributed by atoms with Crippen molar-refractivity contribution in [2.24, 2.45) is 13.0 Å².